The van der Waals surface area contributed by atoms with E-state index in [1.165, 1.54) is 6.07 Å². The fourth-order valence-corrected chi connectivity index (χ4v) is 3.95. The van der Waals surface area contributed by atoms with Gasteiger partial charge in [-0.15, -0.1) is 0 Å². The maximum absolute atomic E-state index is 11.0. The van der Waals surface area contributed by atoms with Gasteiger partial charge in [0.05, 0.1) is 4.92 Å². The van der Waals surface area contributed by atoms with Crippen molar-refractivity contribution in [2.75, 3.05) is 5.75 Å². The standard InChI is InChI=1S/C17H14N3O2S/c21-20(22)15-8-4-5-13(11-15)16-12-19(14-6-2-1-3-7-14)17-18(16)9-10-23-17/h1-8,11-12H,9-10H2/q+1. The molecule has 6 heteroatoms. The van der Waals surface area contributed by atoms with E-state index in [-0.39, 0.29) is 10.6 Å². The summed E-state index contributed by atoms with van der Waals surface area (Å²) in [6, 6.07) is 17.0. The average Bonchev–Trinajstić information content (AvgIpc) is 3.18. The normalized spacial score (nSPS) is 13.0. The average molecular weight is 324 g/mol. The topological polar surface area (TPSA) is 52.0 Å². The van der Waals surface area contributed by atoms with Crippen molar-refractivity contribution in [1.29, 1.82) is 0 Å². The van der Waals surface area contributed by atoms with Crippen LogP contribution in [0.3, 0.4) is 0 Å². The number of hydrogen-bond donors (Lipinski definition) is 0. The van der Waals surface area contributed by atoms with Gasteiger partial charge >= 0.3 is 5.16 Å². The highest BCUT2D eigenvalue weighted by Gasteiger charge is 2.30. The van der Waals surface area contributed by atoms with E-state index in [0.29, 0.717) is 0 Å². The summed E-state index contributed by atoms with van der Waals surface area (Å²) in [5.74, 6) is 1.02. The SMILES string of the molecule is O=[N+]([O-])c1cccc(-c2cn(-c3ccccc3)c3[n+]2CCS3)c1. The van der Waals surface area contributed by atoms with Gasteiger partial charge in [-0.25, -0.2) is 4.57 Å². The van der Waals surface area contributed by atoms with Crippen molar-refractivity contribution >= 4 is 17.4 Å². The molecule has 3 aromatic rings. The molecule has 0 fully saturated rings. The highest BCUT2D eigenvalue weighted by molar-refractivity contribution is 7.99. The van der Waals surface area contributed by atoms with Gasteiger partial charge in [0.25, 0.3) is 5.69 Å². The van der Waals surface area contributed by atoms with Crippen molar-refractivity contribution < 1.29 is 9.49 Å². The Morgan fingerprint density at radius 1 is 1.13 bits per heavy atom. The Morgan fingerprint density at radius 3 is 2.74 bits per heavy atom. The second-order valence-electron chi connectivity index (χ2n) is 5.31. The number of nitrogens with zero attached hydrogens (tertiary/aromatic N) is 3. The summed E-state index contributed by atoms with van der Waals surface area (Å²) in [5, 5.41) is 12.2. The number of non-ortho nitro benzene ring substituents is 1. The van der Waals surface area contributed by atoms with Gasteiger partial charge in [-0.1, -0.05) is 30.3 Å². The van der Waals surface area contributed by atoms with E-state index in [1.54, 1.807) is 12.1 Å². The number of nitro groups is 1. The molecule has 2 aromatic carbocycles. The molecule has 0 amide bonds. The summed E-state index contributed by atoms with van der Waals surface area (Å²) in [4.78, 5) is 10.7. The lowest BCUT2D eigenvalue weighted by molar-refractivity contribution is -0.713. The summed E-state index contributed by atoms with van der Waals surface area (Å²) < 4.78 is 4.39. The van der Waals surface area contributed by atoms with E-state index in [9.17, 15) is 10.1 Å². The second kappa shape index (κ2) is 5.55. The Labute approximate surface area is 137 Å². The van der Waals surface area contributed by atoms with Crippen molar-refractivity contribution in [3.8, 4) is 16.9 Å². The minimum atomic E-state index is -0.350. The number of fused-ring (bicyclic) bond motifs is 1. The number of imidazole rings is 1. The molecule has 1 aliphatic heterocycles. The van der Waals surface area contributed by atoms with Crippen LogP contribution in [0.1, 0.15) is 0 Å². The predicted octanol–water partition coefficient (Wildman–Crippen LogP) is 3.45. The molecule has 0 aliphatic carbocycles. The first-order valence-corrected chi connectivity index (χ1v) is 8.31. The van der Waals surface area contributed by atoms with Crippen molar-refractivity contribution in [3.05, 3.63) is 70.9 Å². The third-order valence-corrected chi connectivity index (χ3v) is 4.97. The molecule has 23 heavy (non-hydrogen) atoms. The largest absolute Gasteiger partial charge is 0.323 e. The maximum atomic E-state index is 11.0. The molecule has 2 heterocycles. The van der Waals surface area contributed by atoms with Crippen LogP contribution >= 0.6 is 11.8 Å². The number of aromatic nitrogens is 2. The van der Waals surface area contributed by atoms with E-state index >= 15 is 0 Å². The summed E-state index contributed by atoms with van der Waals surface area (Å²) >= 11 is 1.81. The molecule has 4 rings (SSSR count). The first-order valence-electron chi connectivity index (χ1n) is 7.32. The fraction of sp³-hybridized carbons (Fsp3) is 0.118. The summed E-state index contributed by atoms with van der Waals surface area (Å²) in [6.45, 7) is 0.915. The molecule has 0 saturated heterocycles. The van der Waals surface area contributed by atoms with Gasteiger partial charge < -0.3 is 0 Å². The molecule has 1 aromatic heterocycles. The number of thioether (sulfide) groups is 1. The summed E-state index contributed by atoms with van der Waals surface area (Å²) in [6.07, 6.45) is 2.07. The highest BCUT2D eigenvalue weighted by atomic mass is 32.2. The zero-order chi connectivity index (χ0) is 15.8. The molecule has 114 valence electrons. The van der Waals surface area contributed by atoms with Crippen LogP contribution in [0, 0.1) is 10.1 Å². The molecule has 0 spiro atoms. The minimum Gasteiger partial charge on any atom is -0.258 e. The molecule has 0 radical (unpaired) electrons. The first-order chi connectivity index (χ1) is 11.2. The monoisotopic (exact) mass is 324 g/mol. The van der Waals surface area contributed by atoms with E-state index in [4.69, 9.17) is 0 Å². The van der Waals surface area contributed by atoms with Crippen LogP contribution in [0.15, 0.2) is 66.0 Å². The zero-order valence-electron chi connectivity index (χ0n) is 12.3. The highest BCUT2D eigenvalue weighted by Crippen LogP contribution is 2.30. The van der Waals surface area contributed by atoms with Gasteiger partial charge in [0.1, 0.15) is 18.4 Å². The Hall–Kier alpha value is -2.60. The number of para-hydroxylation sites is 1. The van der Waals surface area contributed by atoms with Gasteiger partial charge in [-0.3, -0.25) is 10.1 Å². The van der Waals surface area contributed by atoms with Crippen LogP contribution in [-0.2, 0) is 6.54 Å². The van der Waals surface area contributed by atoms with Gasteiger partial charge in [0, 0.05) is 23.4 Å². The number of nitro benzene ring substituents is 1. The summed E-state index contributed by atoms with van der Waals surface area (Å²) in [5.41, 5.74) is 3.10. The predicted molar refractivity (Wildman–Crippen MR) is 88.8 cm³/mol. The minimum absolute atomic E-state index is 0.120. The Bertz CT molecular complexity index is 890. The van der Waals surface area contributed by atoms with Crippen LogP contribution in [-0.4, -0.2) is 15.2 Å². The van der Waals surface area contributed by atoms with E-state index in [2.05, 4.69) is 27.5 Å². The zero-order valence-corrected chi connectivity index (χ0v) is 13.1. The van der Waals surface area contributed by atoms with Crippen LogP contribution in [0.2, 0.25) is 0 Å². The lowest BCUT2D eigenvalue weighted by Crippen LogP contribution is -2.33. The fourth-order valence-electron chi connectivity index (χ4n) is 2.85. The van der Waals surface area contributed by atoms with Gasteiger partial charge in [-0.2, -0.15) is 4.57 Å². The lowest BCUT2D eigenvalue weighted by atomic mass is 10.1. The lowest BCUT2D eigenvalue weighted by Gasteiger charge is -1.98. The van der Waals surface area contributed by atoms with Gasteiger partial charge in [-0.05, 0) is 23.9 Å². The Morgan fingerprint density at radius 2 is 1.96 bits per heavy atom. The molecule has 0 saturated carbocycles. The van der Waals surface area contributed by atoms with Crippen LogP contribution in [0.25, 0.3) is 16.9 Å². The van der Waals surface area contributed by atoms with Crippen LogP contribution < -0.4 is 4.57 Å². The molecule has 1 aliphatic rings. The number of benzene rings is 2. The van der Waals surface area contributed by atoms with E-state index in [1.807, 2.05) is 36.0 Å². The van der Waals surface area contributed by atoms with E-state index < -0.39 is 0 Å². The first kappa shape index (κ1) is 14.0. The van der Waals surface area contributed by atoms with Crippen molar-refractivity contribution in [3.63, 3.8) is 0 Å². The molecular weight excluding hydrogens is 310 g/mol. The molecule has 0 N–H and O–H groups in total. The number of hydrogen-bond acceptors (Lipinski definition) is 3. The van der Waals surface area contributed by atoms with E-state index in [0.717, 1.165) is 34.4 Å². The Kier molecular flexibility index (Phi) is 3.38. The van der Waals surface area contributed by atoms with Gasteiger partial charge in [0.2, 0.25) is 0 Å². The summed E-state index contributed by atoms with van der Waals surface area (Å²) in [7, 11) is 0. The molecular formula is C17H14N3O2S+. The smallest absolute Gasteiger partial charge is 0.258 e. The molecule has 5 nitrogen and oxygen atoms in total. The molecule has 0 unspecified atom stereocenters. The molecule has 0 bridgehead atoms. The van der Waals surface area contributed by atoms with Crippen molar-refractivity contribution in [1.82, 2.24) is 4.57 Å². The van der Waals surface area contributed by atoms with Crippen molar-refractivity contribution in [2.24, 2.45) is 0 Å². The third kappa shape index (κ3) is 2.41. The van der Waals surface area contributed by atoms with Gasteiger partial charge in [0.15, 0.2) is 5.69 Å². The Balaban J connectivity index is 1.88. The second-order valence-corrected chi connectivity index (χ2v) is 6.37. The quantitative estimate of drug-likeness (QED) is 0.421. The van der Waals surface area contributed by atoms with Crippen molar-refractivity contribution in [2.45, 2.75) is 11.7 Å². The van der Waals surface area contributed by atoms with Crippen LogP contribution in [0.5, 0.6) is 0 Å². The number of rotatable bonds is 3. The molecule has 0 atom stereocenters. The maximum Gasteiger partial charge on any atom is 0.323 e. The van der Waals surface area contributed by atoms with Crippen LogP contribution in [0.4, 0.5) is 5.69 Å². The third-order valence-electron chi connectivity index (χ3n) is 3.91.